The highest BCUT2D eigenvalue weighted by atomic mass is 127. The molecule has 28 heavy (non-hydrogen) atoms. The molecule has 0 radical (unpaired) electrons. The van der Waals surface area contributed by atoms with E-state index in [2.05, 4.69) is 32.9 Å². The number of amides is 1. The number of hydrogen-bond acceptors (Lipinski definition) is 5. The highest BCUT2D eigenvalue weighted by Gasteiger charge is 2.05. The van der Waals surface area contributed by atoms with Crippen molar-refractivity contribution in [3.63, 3.8) is 0 Å². The van der Waals surface area contributed by atoms with Gasteiger partial charge < -0.3 is 30.3 Å². The van der Waals surface area contributed by atoms with Crippen LogP contribution in [-0.2, 0) is 4.74 Å². The van der Waals surface area contributed by atoms with Gasteiger partial charge in [0.2, 0.25) is 0 Å². The summed E-state index contributed by atoms with van der Waals surface area (Å²) in [6, 6.07) is 7.02. The Morgan fingerprint density at radius 1 is 1.04 bits per heavy atom. The van der Waals surface area contributed by atoms with Gasteiger partial charge in [-0.05, 0) is 37.7 Å². The number of nitrogens with one attached hydrogen (secondary N) is 3. The normalized spacial score (nSPS) is 11.0. The van der Waals surface area contributed by atoms with E-state index in [0.29, 0.717) is 18.7 Å². The number of carbonyl (C=O) groups excluding carboxylic acids is 1. The molecular weight excluding hydrogens is 473 g/mol. The molecule has 0 atom stereocenters. The highest BCUT2D eigenvalue weighted by Crippen LogP contribution is 2.10. The van der Waals surface area contributed by atoms with Crippen LogP contribution in [-0.4, -0.2) is 84.4 Å². The zero-order valence-electron chi connectivity index (χ0n) is 17.3. The van der Waals surface area contributed by atoms with Crippen LogP contribution in [0.1, 0.15) is 16.8 Å². The molecule has 0 aliphatic carbocycles. The molecule has 0 aliphatic rings. The molecule has 1 amide bonds. The Hall–Kier alpha value is -1.59. The van der Waals surface area contributed by atoms with Crippen molar-refractivity contribution in [3.8, 4) is 5.75 Å². The lowest BCUT2D eigenvalue weighted by molar-refractivity contribution is 0.0954. The van der Waals surface area contributed by atoms with Crippen LogP contribution in [0.3, 0.4) is 0 Å². The monoisotopic (exact) mass is 507 g/mol. The first-order chi connectivity index (χ1) is 13.1. The first-order valence-electron chi connectivity index (χ1n) is 9.15. The molecule has 8 nitrogen and oxygen atoms in total. The van der Waals surface area contributed by atoms with E-state index in [4.69, 9.17) is 9.47 Å². The smallest absolute Gasteiger partial charge is 0.251 e. The van der Waals surface area contributed by atoms with Crippen LogP contribution in [0.2, 0.25) is 0 Å². The van der Waals surface area contributed by atoms with Gasteiger partial charge in [0.15, 0.2) is 5.96 Å². The lowest BCUT2D eigenvalue weighted by Crippen LogP contribution is -2.43. The van der Waals surface area contributed by atoms with E-state index in [1.165, 1.54) is 0 Å². The summed E-state index contributed by atoms with van der Waals surface area (Å²) in [4.78, 5) is 18.5. The summed E-state index contributed by atoms with van der Waals surface area (Å²) in [7, 11) is 7.13. The molecule has 0 fully saturated rings. The van der Waals surface area contributed by atoms with Crippen LogP contribution in [0, 0.1) is 0 Å². The van der Waals surface area contributed by atoms with Crippen LogP contribution in [0.4, 0.5) is 0 Å². The van der Waals surface area contributed by atoms with Crippen molar-refractivity contribution in [2.75, 3.05) is 67.6 Å². The van der Waals surface area contributed by atoms with E-state index < -0.39 is 0 Å². The van der Waals surface area contributed by atoms with E-state index in [0.717, 1.165) is 44.4 Å². The SMILES string of the molecule is CN=C(NCCNC(=O)c1ccc(OC)cc1)NCCN(C)CCCOC.I. The molecule has 0 aliphatic heterocycles. The van der Waals surface area contributed by atoms with Gasteiger partial charge in [-0.15, -0.1) is 24.0 Å². The first-order valence-corrected chi connectivity index (χ1v) is 9.15. The van der Waals surface area contributed by atoms with E-state index in [1.807, 2.05) is 0 Å². The zero-order valence-corrected chi connectivity index (χ0v) is 19.6. The minimum absolute atomic E-state index is 0. The molecule has 1 aromatic rings. The Morgan fingerprint density at radius 2 is 1.68 bits per heavy atom. The molecule has 0 heterocycles. The van der Waals surface area contributed by atoms with Crippen molar-refractivity contribution in [2.45, 2.75) is 6.42 Å². The third-order valence-electron chi connectivity index (χ3n) is 3.95. The Morgan fingerprint density at radius 3 is 2.29 bits per heavy atom. The molecular formula is C19H34IN5O3. The van der Waals surface area contributed by atoms with Crippen molar-refractivity contribution >= 4 is 35.8 Å². The van der Waals surface area contributed by atoms with Crippen LogP contribution < -0.4 is 20.7 Å². The average molecular weight is 507 g/mol. The maximum absolute atomic E-state index is 12.1. The van der Waals surface area contributed by atoms with Gasteiger partial charge in [-0.2, -0.15) is 0 Å². The van der Waals surface area contributed by atoms with Gasteiger partial charge >= 0.3 is 0 Å². The van der Waals surface area contributed by atoms with Crippen molar-refractivity contribution in [1.82, 2.24) is 20.9 Å². The van der Waals surface area contributed by atoms with Gasteiger partial charge in [-0.1, -0.05) is 0 Å². The Kier molecular flexibility index (Phi) is 15.4. The van der Waals surface area contributed by atoms with E-state index >= 15 is 0 Å². The zero-order chi connectivity index (χ0) is 19.9. The van der Waals surface area contributed by atoms with Gasteiger partial charge in [-0.25, -0.2) is 0 Å². The maximum atomic E-state index is 12.1. The number of nitrogens with zero attached hydrogens (tertiary/aromatic N) is 2. The van der Waals surface area contributed by atoms with Crippen LogP contribution in [0.5, 0.6) is 5.75 Å². The molecule has 160 valence electrons. The molecule has 0 saturated carbocycles. The molecule has 3 N–H and O–H groups in total. The Balaban J connectivity index is 0.00000729. The number of hydrogen-bond donors (Lipinski definition) is 3. The number of aliphatic imine (C=N–C) groups is 1. The third kappa shape index (κ3) is 11.3. The van der Waals surface area contributed by atoms with Crippen molar-refractivity contribution in [3.05, 3.63) is 29.8 Å². The minimum Gasteiger partial charge on any atom is -0.497 e. The predicted molar refractivity (Wildman–Crippen MR) is 124 cm³/mol. The highest BCUT2D eigenvalue weighted by molar-refractivity contribution is 14.0. The number of halogens is 1. The molecule has 0 spiro atoms. The lowest BCUT2D eigenvalue weighted by Gasteiger charge is -2.18. The van der Waals surface area contributed by atoms with E-state index in [1.54, 1.807) is 45.5 Å². The summed E-state index contributed by atoms with van der Waals surface area (Å²) in [6.07, 6.45) is 1.02. The Bertz CT molecular complexity index is 569. The largest absolute Gasteiger partial charge is 0.497 e. The van der Waals surface area contributed by atoms with Gasteiger partial charge in [0.1, 0.15) is 5.75 Å². The topological polar surface area (TPSA) is 87.2 Å². The standard InChI is InChI=1S/C19H33N5O3.HI/c1-20-19(23-12-14-24(2)13-5-15-26-3)22-11-10-21-18(25)16-6-8-17(27-4)9-7-16;/h6-9H,5,10-15H2,1-4H3,(H,21,25)(H2,20,22,23);1H. The van der Waals surface area contributed by atoms with Crippen LogP contribution >= 0.6 is 24.0 Å². The predicted octanol–water partition coefficient (Wildman–Crippen LogP) is 1.18. The minimum atomic E-state index is -0.111. The van der Waals surface area contributed by atoms with Gasteiger partial charge in [0.05, 0.1) is 7.11 Å². The fraction of sp³-hybridized carbons (Fsp3) is 0.579. The van der Waals surface area contributed by atoms with Gasteiger partial charge in [-0.3, -0.25) is 9.79 Å². The molecule has 1 aromatic carbocycles. The Labute approximate surface area is 185 Å². The van der Waals surface area contributed by atoms with Crippen molar-refractivity contribution in [2.24, 2.45) is 4.99 Å². The fourth-order valence-corrected chi connectivity index (χ4v) is 2.38. The molecule has 0 aromatic heterocycles. The van der Waals surface area contributed by atoms with E-state index in [-0.39, 0.29) is 29.9 Å². The van der Waals surface area contributed by atoms with Gasteiger partial charge in [0, 0.05) is 59.1 Å². The number of guanidine groups is 1. The molecule has 0 bridgehead atoms. The summed E-state index contributed by atoms with van der Waals surface area (Å²) in [5, 5.41) is 9.32. The van der Waals surface area contributed by atoms with Crippen molar-refractivity contribution in [1.29, 1.82) is 0 Å². The number of likely N-dealkylation sites (N-methyl/N-ethyl adjacent to an activating group) is 1. The van der Waals surface area contributed by atoms with E-state index in [9.17, 15) is 4.79 Å². The number of methoxy groups -OCH3 is 2. The second-order valence-corrected chi connectivity index (χ2v) is 6.06. The summed E-state index contributed by atoms with van der Waals surface area (Å²) in [5.74, 6) is 1.34. The lowest BCUT2D eigenvalue weighted by atomic mass is 10.2. The molecule has 0 unspecified atom stereocenters. The molecule has 1 rings (SSSR count). The summed E-state index contributed by atoms with van der Waals surface area (Å²) < 4.78 is 10.1. The van der Waals surface area contributed by atoms with Crippen LogP contribution in [0.15, 0.2) is 29.3 Å². The number of carbonyl (C=O) groups is 1. The number of rotatable bonds is 12. The summed E-state index contributed by atoms with van der Waals surface area (Å²) >= 11 is 0. The molecule has 9 heteroatoms. The second kappa shape index (κ2) is 16.4. The van der Waals surface area contributed by atoms with Gasteiger partial charge in [0.25, 0.3) is 5.91 Å². The fourth-order valence-electron chi connectivity index (χ4n) is 2.38. The maximum Gasteiger partial charge on any atom is 0.251 e. The first kappa shape index (κ1) is 26.4. The average Bonchev–Trinajstić information content (AvgIpc) is 2.69. The third-order valence-corrected chi connectivity index (χ3v) is 3.95. The van der Waals surface area contributed by atoms with Crippen molar-refractivity contribution < 1.29 is 14.3 Å². The molecule has 0 saturated heterocycles. The quantitative estimate of drug-likeness (QED) is 0.171. The summed E-state index contributed by atoms with van der Waals surface area (Å²) in [6.45, 7) is 4.58. The van der Waals surface area contributed by atoms with Crippen LogP contribution in [0.25, 0.3) is 0 Å². The second-order valence-electron chi connectivity index (χ2n) is 6.06. The summed E-state index contributed by atoms with van der Waals surface area (Å²) in [5.41, 5.74) is 0.606. The number of benzene rings is 1. The number of ether oxygens (including phenoxy) is 2.